The van der Waals surface area contributed by atoms with E-state index in [1.807, 2.05) is 24.4 Å². The summed E-state index contributed by atoms with van der Waals surface area (Å²) >= 11 is 1.34. The highest BCUT2D eigenvalue weighted by Crippen LogP contribution is 2.33. The molecule has 2 N–H and O–H groups in total. The Morgan fingerprint density at radius 1 is 1.19 bits per heavy atom. The van der Waals surface area contributed by atoms with Crippen molar-refractivity contribution in [2.24, 2.45) is 0 Å². The summed E-state index contributed by atoms with van der Waals surface area (Å²) in [5.74, 6) is -1.62. The SMILES string of the molecule is O=C(NCc1ccc(F)cc1F)c1ccc(-c2c[nH]c3ncccc23)s1. The molecule has 0 spiro atoms. The molecule has 0 fully saturated rings. The molecule has 0 aliphatic carbocycles. The smallest absolute Gasteiger partial charge is 0.261 e. The van der Waals surface area contributed by atoms with Crippen molar-refractivity contribution in [1.29, 1.82) is 0 Å². The number of pyridine rings is 1. The van der Waals surface area contributed by atoms with Crippen LogP contribution in [-0.2, 0) is 6.54 Å². The van der Waals surface area contributed by atoms with Crippen LogP contribution >= 0.6 is 11.3 Å². The number of rotatable bonds is 4. The summed E-state index contributed by atoms with van der Waals surface area (Å²) in [4.78, 5) is 21.1. The Morgan fingerprint density at radius 2 is 2.08 bits per heavy atom. The van der Waals surface area contributed by atoms with E-state index in [0.29, 0.717) is 4.88 Å². The number of nitrogens with one attached hydrogen (secondary N) is 2. The van der Waals surface area contributed by atoms with Crippen LogP contribution in [-0.4, -0.2) is 15.9 Å². The molecule has 3 aromatic heterocycles. The number of amides is 1. The number of H-pyrrole nitrogens is 1. The highest BCUT2D eigenvalue weighted by molar-refractivity contribution is 7.17. The molecule has 0 atom stereocenters. The molecule has 1 aromatic carbocycles. The summed E-state index contributed by atoms with van der Waals surface area (Å²) in [6.45, 7) is -0.00478. The van der Waals surface area contributed by atoms with Gasteiger partial charge in [0.25, 0.3) is 5.91 Å². The van der Waals surface area contributed by atoms with Crippen LogP contribution in [0.2, 0.25) is 0 Å². The van der Waals surface area contributed by atoms with Crippen LogP contribution in [0.3, 0.4) is 0 Å². The fraction of sp³-hybridized carbons (Fsp3) is 0.0526. The standard InChI is InChI=1S/C19H13F2N3OS/c20-12-4-3-11(15(21)8-12)9-24-19(25)17-6-5-16(26-17)14-10-23-18-13(14)2-1-7-22-18/h1-8,10H,9H2,(H,22,23)(H,24,25). The van der Waals surface area contributed by atoms with E-state index in [-0.39, 0.29) is 18.0 Å². The molecule has 0 saturated carbocycles. The minimum atomic E-state index is -0.677. The Balaban J connectivity index is 1.51. The van der Waals surface area contributed by atoms with Gasteiger partial charge in [0.15, 0.2) is 0 Å². The molecule has 26 heavy (non-hydrogen) atoms. The third-order valence-corrected chi connectivity index (χ3v) is 5.12. The Kier molecular flexibility index (Phi) is 4.22. The monoisotopic (exact) mass is 369 g/mol. The van der Waals surface area contributed by atoms with Crippen LogP contribution in [0.5, 0.6) is 0 Å². The van der Waals surface area contributed by atoms with Gasteiger partial charge in [-0.25, -0.2) is 13.8 Å². The number of nitrogens with zero attached hydrogens (tertiary/aromatic N) is 1. The van der Waals surface area contributed by atoms with Crippen molar-refractivity contribution in [3.8, 4) is 10.4 Å². The van der Waals surface area contributed by atoms with Gasteiger partial charge in [-0.1, -0.05) is 6.07 Å². The van der Waals surface area contributed by atoms with Crippen LogP contribution in [0.25, 0.3) is 21.5 Å². The normalized spacial score (nSPS) is 11.0. The first-order chi connectivity index (χ1) is 12.6. The topological polar surface area (TPSA) is 57.8 Å². The molecule has 1 amide bonds. The van der Waals surface area contributed by atoms with Crippen molar-refractivity contribution in [3.05, 3.63) is 76.9 Å². The summed E-state index contributed by atoms with van der Waals surface area (Å²) in [7, 11) is 0. The molecule has 0 bridgehead atoms. The predicted molar refractivity (Wildman–Crippen MR) is 96.9 cm³/mol. The third kappa shape index (κ3) is 3.09. The van der Waals surface area contributed by atoms with E-state index in [9.17, 15) is 13.6 Å². The molecule has 4 aromatic rings. The number of carbonyl (C=O) groups excluding carboxylic acids is 1. The molecule has 0 radical (unpaired) electrons. The van der Waals surface area contributed by atoms with E-state index in [0.717, 1.165) is 27.5 Å². The number of aromatic amines is 1. The molecule has 4 rings (SSSR count). The van der Waals surface area contributed by atoms with Gasteiger partial charge in [0.1, 0.15) is 17.3 Å². The fourth-order valence-electron chi connectivity index (χ4n) is 2.69. The Morgan fingerprint density at radius 3 is 2.92 bits per heavy atom. The molecular weight excluding hydrogens is 356 g/mol. The number of fused-ring (bicyclic) bond motifs is 1. The molecule has 0 unspecified atom stereocenters. The average Bonchev–Trinajstić information content (AvgIpc) is 3.27. The largest absolute Gasteiger partial charge is 0.347 e. The molecule has 3 heterocycles. The lowest BCUT2D eigenvalue weighted by Gasteiger charge is -2.05. The second-order valence-corrected chi connectivity index (χ2v) is 6.77. The van der Waals surface area contributed by atoms with Gasteiger partial charge in [0.2, 0.25) is 0 Å². The van der Waals surface area contributed by atoms with Crippen molar-refractivity contribution < 1.29 is 13.6 Å². The van der Waals surface area contributed by atoms with Crippen LogP contribution in [0.4, 0.5) is 8.78 Å². The number of hydrogen-bond donors (Lipinski definition) is 2. The van der Waals surface area contributed by atoms with Gasteiger partial charge in [-0.3, -0.25) is 4.79 Å². The van der Waals surface area contributed by atoms with Gasteiger partial charge in [0.05, 0.1) is 4.88 Å². The van der Waals surface area contributed by atoms with Crippen molar-refractivity contribution in [1.82, 2.24) is 15.3 Å². The van der Waals surface area contributed by atoms with Gasteiger partial charge >= 0.3 is 0 Å². The Hall–Kier alpha value is -3.06. The van der Waals surface area contributed by atoms with Gasteiger partial charge in [-0.2, -0.15) is 0 Å². The highest BCUT2D eigenvalue weighted by Gasteiger charge is 2.14. The van der Waals surface area contributed by atoms with E-state index in [1.165, 1.54) is 23.5 Å². The lowest BCUT2D eigenvalue weighted by atomic mass is 10.2. The van der Waals surface area contributed by atoms with E-state index >= 15 is 0 Å². The summed E-state index contributed by atoms with van der Waals surface area (Å²) in [6, 6.07) is 10.7. The lowest BCUT2D eigenvalue weighted by Crippen LogP contribution is -2.22. The molecule has 130 valence electrons. The van der Waals surface area contributed by atoms with E-state index in [1.54, 1.807) is 12.3 Å². The summed E-state index contributed by atoms with van der Waals surface area (Å²) in [6.07, 6.45) is 3.57. The zero-order valence-electron chi connectivity index (χ0n) is 13.4. The first kappa shape index (κ1) is 16.4. The summed E-state index contributed by atoms with van der Waals surface area (Å²) < 4.78 is 26.6. The third-order valence-electron chi connectivity index (χ3n) is 4.00. The molecule has 0 aliphatic rings. The van der Waals surface area contributed by atoms with Gasteiger partial charge in [0, 0.05) is 46.4 Å². The average molecular weight is 369 g/mol. The maximum absolute atomic E-state index is 13.6. The first-order valence-electron chi connectivity index (χ1n) is 7.86. The second kappa shape index (κ2) is 6.68. The van der Waals surface area contributed by atoms with Crippen molar-refractivity contribution in [2.45, 2.75) is 6.54 Å². The number of hydrogen-bond acceptors (Lipinski definition) is 3. The fourth-order valence-corrected chi connectivity index (χ4v) is 3.64. The van der Waals surface area contributed by atoms with Crippen molar-refractivity contribution in [2.75, 3.05) is 0 Å². The quantitative estimate of drug-likeness (QED) is 0.556. The molecule has 4 nitrogen and oxygen atoms in total. The Bertz CT molecular complexity index is 1100. The first-order valence-corrected chi connectivity index (χ1v) is 8.68. The van der Waals surface area contributed by atoms with Gasteiger partial charge in [-0.15, -0.1) is 11.3 Å². The van der Waals surface area contributed by atoms with Crippen LogP contribution in [0, 0.1) is 11.6 Å². The highest BCUT2D eigenvalue weighted by atomic mass is 32.1. The maximum Gasteiger partial charge on any atom is 0.261 e. The molecule has 0 aliphatic heterocycles. The van der Waals surface area contributed by atoms with E-state index < -0.39 is 11.6 Å². The molecule has 7 heteroatoms. The number of benzene rings is 1. The van der Waals surface area contributed by atoms with Gasteiger partial charge < -0.3 is 10.3 Å². The lowest BCUT2D eigenvalue weighted by molar-refractivity contribution is 0.0954. The van der Waals surface area contributed by atoms with Crippen LogP contribution in [0.1, 0.15) is 15.2 Å². The van der Waals surface area contributed by atoms with Crippen molar-refractivity contribution >= 4 is 28.3 Å². The van der Waals surface area contributed by atoms with Gasteiger partial charge in [-0.05, 0) is 30.3 Å². The zero-order chi connectivity index (χ0) is 18.1. The van der Waals surface area contributed by atoms with Crippen molar-refractivity contribution in [3.63, 3.8) is 0 Å². The molecular formula is C19H13F2N3OS. The molecule has 0 saturated heterocycles. The minimum absolute atomic E-state index is 0.00478. The van der Waals surface area contributed by atoms with Crippen LogP contribution in [0.15, 0.2) is 54.9 Å². The number of aromatic nitrogens is 2. The number of thiophene rings is 1. The van der Waals surface area contributed by atoms with E-state index in [4.69, 9.17) is 0 Å². The second-order valence-electron chi connectivity index (χ2n) is 5.68. The summed E-state index contributed by atoms with van der Waals surface area (Å²) in [5, 5.41) is 3.64. The maximum atomic E-state index is 13.6. The van der Waals surface area contributed by atoms with E-state index in [2.05, 4.69) is 15.3 Å². The Labute approximate surface area is 151 Å². The minimum Gasteiger partial charge on any atom is -0.347 e. The number of halogens is 2. The zero-order valence-corrected chi connectivity index (χ0v) is 14.2. The number of carbonyl (C=O) groups is 1. The summed E-state index contributed by atoms with van der Waals surface area (Å²) in [5.41, 5.74) is 2.00. The predicted octanol–water partition coefficient (Wildman–Crippen LogP) is 4.50. The van der Waals surface area contributed by atoms with Crippen LogP contribution < -0.4 is 5.32 Å².